The minimum atomic E-state index is -4.42. The van der Waals surface area contributed by atoms with Crippen LogP contribution in [0.15, 0.2) is 48.7 Å². The first-order valence-corrected chi connectivity index (χ1v) is 6.94. The van der Waals surface area contributed by atoms with Gasteiger partial charge in [-0.3, -0.25) is 0 Å². The van der Waals surface area contributed by atoms with Gasteiger partial charge < -0.3 is 9.67 Å². The molecular weight excluding hydrogens is 326 g/mol. The van der Waals surface area contributed by atoms with Crippen molar-refractivity contribution in [2.24, 2.45) is 0 Å². The predicted molar refractivity (Wildman–Crippen MR) is 79.4 cm³/mol. The van der Waals surface area contributed by atoms with Crippen molar-refractivity contribution in [2.45, 2.75) is 12.7 Å². The molecular formula is C17H11F4NO2. The van der Waals surface area contributed by atoms with E-state index in [0.29, 0.717) is 10.9 Å². The zero-order valence-electron chi connectivity index (χ0n) is 12.1. The zero-order chi connectivity index (χ0) is 17.5. The van der Waals surface area contributed by atoms with Crippen molar-refractivity contribution in [3.63, 3.8) is 0 Å². The predicted octanol–water partition coefficient (Wildman–Crippen LogP) is 4.55. The first-order chi connectivity index (χ1) is 11.3. The molecule has 0 amide bonds. The number of carbonyl (C=O) groups is 1. The highest BCUT2D eigenvalue weighted by atomic mass is 19.4. The Morgan fingerprint density at radius 1 is 1.04 bits per heavy atom. The van der Waals surface area contributed by atoms with Crippen LogP contribution in [-0.2, 0) is 12.7 Å². The molecule has 1 aromatic heterocycles. The molecule has 0 spiro atoms. The lowest BCUT2D eigenvalue weighted by Crippen LogP contribution is -2.07. The number of aromatic carboxylic acids is 1. The van der Waals surface area contributed by atoms with E-state index < -0.39 is 29.1 Å². The SMILES string of the molecule is O=C(O)c1c(F)ccc2ccn(Cc3ccc(C(F)(F)F)cc3)c12. The summed E-state index contributed by atoms with van der Waals surface area (Å²) in [4.78, 5) is 11.3. The lowest BCUT2D eigenvalue weighted by atomic mass is 10.1. The Balaban J connectivity index is 2.02. The Bertz CT molecular complexity index is 911. The molecule has 0 bridgehead atoms. The van der Waals surface area contributed by atoms with E-state index in [4.69, 9.17) is 0 Å². The molecule has 0 aliphatic rings. The van der Waals surface area contributed by atoms with Crippen LogP contribution in [0.4, 0.5) is 17.6 Å². The molecule has 2 aromatic carbocycles. The van der Waals surface area contributed by atoms with Gasteiger partial charge in [-0.2, -0.15) is 13.2 Å². The summed E-state index contributed by atoms with van der Waals surface area (Å²) in [6.07, 6.45) is -2.84. The smallest absolute Gasteiger partial charge is 0.416 e. The second-order valence-electron chi connectivity index (χ2n) is 5.30. The second kappa shape index (κ2) is 5.67. The number of fused-ring (bicyclic) bond motifs is 1. The minimum Gasteiger partial charge on any atom is -0.478 e. The minimum absolute atomic E-state index is 0.130. The molecule has 0 fully saturated rings. The average molecular weight is 337 g/mol. The molecule has 0 aliphatic carbocycles. The van der Waals surface area contributed by atoms with Crippen LogP contribution in [0.2, 0.25) is 0 Å². The van der Waals surface area contributed by atoms with Crippen molar-refractivity contribution in [1.29, 1.82) is 0 Å². The summed E-state index contributed by atoms with van der Waals surface area (Å²) in [5.74, 6) is -2.26. The number of halogens is 4. The molecule has 3 rings (SSSR count). The maximum Gasteiger partial charge on any atom is 0.416 e. The summed E-state index contributed by atoms with van der Waals surface area (Å²) >= 11 is 0. The summed E-state index contributed by atoms with van der Waals surface area (Å²) in [6.45, 7) is 0.130. The summed E-state index contributed by atoms with van der Waals surface area (Å²) in [6, 6.07) is 8.71. The maximum absolute atomic E-state index is 13.8. The van der Waals surface area contributed by atoms with E-state index in [-0.39, 0.29) is 12.1 Å². The van der Waals surface area contributed by atoms with Crippen LogP contribution >= 0.6 is 0 Å². The van der Waals surface area contributed by atoms with Gasteiger partial charge in [0.2, 0.25) is 0 Å². The Morgan fingerprint density at radius 2 is 1.71 bits per heavy atom. The number of hydrogen-bond acceptors (Lipinski definition) is 1. The number of aromatic nitrogens is 1. The van der Waals surface area contributed by atoms with Gasteiger partial charge in [-0.15, -0.1) is 0 Å². The lowest BCUT2D eigenvalue weighted by Gasteiger charge is -2.10. The highest BCUT2D eigenvalue weighted by Crippen LogP contribution is 2.29. The third-order valence-corrected chi connectivity index (χ3v) is 3.73. The summed E-state index contributed by atoms with van der Waals surface area (Å²) in [5, 5.41) is 9.76. The first kappa shape index (κ1) is 16.0. The Labute approximate surface area is 133 Å². The number of nitrogens with zero attached hydrogens (tertiary/aromatic N) is 1. The van der Waals surface area contributed by atoms with Crippen LogP contribution < -0.4 is 0 Å². The summed E-state index contributed by atoms with van der Waals surface area (Å²) in [5.41, 5.74) is -0.478. The molecule has 0 saturated carbocycles. The van der Waals surface area contributed by atoms with Crippen molar-refractivity contribution in [3.8, 4) is 0 Å². The highest BCUT2D eigenvalue weighted by Gasteiger charge is 2.30. The van der Waals surface area contributed by atoms with Crippen molar-refractivity contribution in [3.05, 3.63) is 71.2 Å². The number of hydrogen-bond donors (Lipinski definition) is 1. The molecule has 1 heterocycles. The number of alkyl halides is 3. The van der Waals surface area contributed by atoms with Crippen molar-refractivity contribution in [2.75, 3.05) is 0 Å². The molecule has 0 saturated heterocycles. The average Bonchev–Trinajstić information content (AvgIpc) is 2.89. The van der Waals surface area contributed by atoms with E-state index in [1.807, 2.05) is 0 Å². The molecule has 0 aliphatic heterocycles. The van der Waals surface area contributed by atoms with Gasteiger partial charge in [-0.05, 0) is 35.9 Å². The lowest BCUT2D eigenvalue weighted by molar-refractivity contribution is -0.137. The Morgan fingerprint density at radius 3 is 2.29 bits per heavy atom. The fraction of sp³-hybridized carbons (Fsp3) is 0.118. The largest absolute Gasteiger partial charge is 0.478 e. The van der Waals surface area contributed by atoms with Gasteiger partial charge in [-0.1, -0.05) is 12.1 Å². The normalized spacial score (nSPS) is 11.8. The molecule has 24 heavy (non-hydrogen) atoms. The van der Waals surface area contributed by atoms with Crippen molar-refractivity contribution in [1.82, 2.24) is 4.57 Å². The fourth-order valence-electron chi connectivity index (χ4n) is 2.60. The van der Waals surface area contributed by atoms with Crippen LogP contribution in [0.1, 0.15) is 21.5 Å². The molecule has 3 nitrogen and oxygen atoms in total. The summed E-state index contributed by atoms with van der Waals surface area (Å²) in [7, 11) is 0. The van der Waals surface area contributed by atoms with Gasteiger partial charge in [0, 0.05) is 18.1 Å². The quantitative estimate of drug-likeness (QED) is 0.713. The van der Waals surface area contributed by atoms with Crippen LogP contribution in [0.5, 0.6) is 0 Å². The van der Waals surface area contributed by atoms with E-state index in [9.17, 15) is 27.5 Å². The van der Waals surface area contributed by atoms with Gasteiger partial charge in [0.25, 0.3) is 0 Å². The molecule has 7 heteroatoms. The van der Waals surface area contributed by atoms with E-state index in [2.05, 4.69) is 0 Å². The Kier molecular flexibility index (Phi) is 3.79. The van der Waals surface area contributed by atoms with Gasteiger partial charge in [0.1, 0.15) is 11.4 Å². The second-order valence-corrected chi connectivity index (χ2v) is 5.30. The van der Waals surface area contributed by atoms with E-state index in [1.165, 1.54) is 22.8 Å². The van der Waals surface area contributed by atoms with Crippen LogP contribution in [-0.4, -0.2) is 15.6 Å². The van der Waals surface area contributed by atoms with Crippen molar-refractivity contribution < 1.29 is 27.5 Å². The first-order valence-electron chi connectivity index (χ1n) is 6.94. The molecule has 0 radical (unpaired) electrons. The molecule has 1 N–H and O–H groups in total. The standard InChI is InChI=1S/C17H11F4NO2/c18-13-6-3-11-7-8-22(15(11)14(13)16(23)24)9-10-1-4-12(5-2-10)17(19,20)21/h1-8H,9H2,(H,23,24). The molecule has 0 unspecified atom stereocenters. The summed E-state index contributed by atoms with van der Waals surface area (Å²) < 4.78 is 53.1. The van der Waals surface area contributed by atoms with Crippen LogP contribution in [0.25, 0.3) is 10.9 Å². The molecule has 3 aromatic rings. The topological polar surface area (TPSA) is 42.2 Å². The maximum atomic E-state index is 13.8. The fourth-order valence-corrected chi connectivity index (χ4v) is 2.60. The third kappa shape index (κ3) is 2.84. The van der Waals surface area contributed by atoms with Gasteiger partial charge >= 0.3 is 12.1 Å². The van der Waals surface area contributed by atoms with Crippen LogP contribution in [0, 0.1) is 5.82 Å². The van der Waals surface area contributed by atoms with E-state index in [0.717, 1.165) is 18.2 Å². The number of rotatable bonds is 3. The monoisotopic (exact) mass is 337 g/mol. The molecule has 0 atom stereocenters. The van der Waals surface area contributed by atoms with Crippen LogP contribution in [0.3, 0.4) is 0 Å². The van der Waals surface area contributed by atoms with Gasteiger partial charge in [0.15, 0.2) is 0 Å². The number of benzene rings is 2. The highest BCUT2D eigenvalue weighted by molar-refractivity contribution is 6.02. The Hall–Kier alpha value is -2.83. The van der Waals surface area contributed by atoms with Gasteiger partial charge in [-0.25, -0.2) is 9.18 Å². The van der Waals surface area contributed by atoms with Gasteiger partial charge in [0.05, 0.1) is 11.1 Å². The third-order valence-electron chi connectivity index (χ3n) is 3.73. The van der Waals surface area contributed by atoms with E-state index in [1.54, 1.807) is 12.3 Å². The van der Waals surface area contributed by atoms with E-state index >= 15 is 0 Å². The number of carboxylic acid groups (broad SMARTS) is 1. The number of carboxylic acids is 1. The molecule has 124 valence electrons. The zero-order valence-corrected chi connectivity index (χ0v) is 12.1. The van der Waals surface area contributed by atoms with Crippen molar-refractivity contribution >= 4 is 16.9 Å².